The highest BCUT2D eigenvalue weighted by Crippen LogP contribution is 2.29. The fourth-order valence-corrected chi connectivity index (χ4v) is 1.78. The van der Waals surface area contributed by atoms with Gasteiger partial charge in [0.1, 0.15) is 0 Å². The summed E-state index contributed by atoms with van der Waals surface area (Å²) in [6.07, 6.45) is 2.85. The normalized spacial score (nSPS) is 29.8. The van der Waals surface area contributed by atoms with E-state index in [2.05, 4.69) is 10.7 Å². The van der Waals surface area contributed by atoms with Gasteiger partial charge in [-0.05, 0) is 25.8 Å². The molecule has 0 aromatic rings. The van der Waals surface area contributed by atoms with Crippen molar-refractivity contribution in [2.24, 2.45) is 11.3 Å². The third-order valence-corrected chi connectivity index (χ3v) is 2.76. The van der Waals surface area contributed by atoms with Crippen LogP contribution in [0.4, 0.5) is 0 Å². The summed E-state index contributed by atoms with van der Waals surface area (Å²) >= 11 is 0. The molecular formula is C8H17N3O. The first kappa shape index (κ1) is 9.48. The average Bonchev–Trinajstić information content (AvgIpc) is 2.17. The fourth-order valence-electron chi connectivity index (χ4n) is 1.78. The summed E-state index contributed by atoms with van der Waals surface area (Å²) < 4.78 is 0. The molecular weight excluding hydrogens is 154 g/mol. The Bertz CT molecular complexity index is 164. The molecule has 1 unspecified atom stereocenters. The first-order valence-corrected chi connectivity index (χ1v) is 4.47. The molecule has 70 valence electrons. The molecule has 1 amide bonds. The predicted octanol–water partition coefficient (Wildman–Crippen LogP) is -0.244. The van der Waals surface area contributed by atoms with Crippen LogP contribution >= 0.6 is 0 Å². The van der Waals surface area contributed by atoms with Gasteiger partial charge in [0.2, 0.25) is 5.91 Å². The van der Waals surface area contributed by atoms with Gasteiger partial charge in [-0.15, -0.1) is 0 Å². The third-order valence-electron chi connectivity index (χ3n) is 2.76. The minimum Gasteiger partial charge on any atom is -0.316 e. The summed E-state index contributed by atoms with van der Waals surface area (Å²) in [7, 11) is 0. The number of nitrogens with two attached hydrogens (primary N) is 1. The molecule has 1 fully saturated rings. The second-order valence-corrected chi connectivity index (χ2v) is 3.39. The molecule has 1 aliphatic rings. The minimum atomic E-state index is -0.257. The van der Waals surface area contributed by atoms with Crippen LogP contribution in [-0.4, -0.2) is 19.0 Å². The Balaban J connectivity index is 2.66. The number of hydrogen-bond donors (Lipinski definition) is 3. The second kappa shape index (κ2) is 3.87. The van der Waals surface area contributed by atoms with Crippen LogP contribution in [0.5, 0.6) is 0 Å². The third kappa shape index (κ3) is 1.59. The van der Waals surface area contributed by atoms with Crippen molar-refractivity contribution >= 4 is 5.91 Å². The summed E-state index contributed by atoms with van der Waals surface area (Å²) in [5.41, 5.74) is 1.99. The zero-order valence-electron chi connectivity index (χ0n) is 7.52. The summed E-state index contributed by atoms with van der Waals surface area (Å²) in [6, 6.07) is 0. The van der Waals surface area contributed by atoms with Gasteiger partial charge in [0.15, 0.2) is 0 Å². The molecule has 4 nitrogen and oxygen atoms in total. The molecule has 0 bridgehead atoms. The summed E-state index contributed by atoms with van der Waals surface area (Å²) in [5.74, 6) is 5.11. The molecule has 1 rings (SSSR count). The monoisotopic (exact) mass is 171 g/mol. The molecule has 0 saturated carbocycles. The number of carbonyl (C=O) groups excluding carboxylic acids is 1. The van der Waals surface area contributed by atoms with Crippen LogP contribution in [0.1, 0.15) is 26.2 Å². The Morgan fingerprint density at radius 2 is 2.50 bits per heavy atom. The van der Waals surface area contributed by atoms with Gasteiger partial charge in [0.25, 0.3) is 0 Å². The standard InChI is InChI=1S/C8H17N3O/c1-2-8(7(12)11-9)4-3-5-10-6-8/h10H,2-6,9H2,1H3,(H,11,12). The van der Waals surface area contributed by atoms with Crippen LogP contribution in [-0.2, 0) is 4.79 Å². The number of hydrazine groups is 1. The highest BCUT2D eigenvalue weighted by atomic mass is 16.2. The second-order valence-electron chi connectivity index (χ2n) is 3.39. The zero-order valence-corrected chi connectivity index (χ0v) is 7.52. The van der Waals surface area contributed by atoms with Crippen LogP contribution in [0.15, 0.2) is 0 Å². The zero-order chi connectivity index (χ0) is 9.03. The summed E-state index contributed by atoms with van der Waals surface area (Å²) in [4.78, 5) is 11.4. The van der Waals surface area contributed by atoms with Gasteiger partial charge in [0.05, 0.1) is 5.41 Å². The Hall–Kier alpha value is -0.610. The lowest BCUT2D eigenvalue weighted by Crippen LogP contribution is -2.51. The van der Waals surface area contributed by atoms with Crippen molar-refractivity contribution in [3.63, 3.8) is 0 Å². The SMILES string of the molecule is CCC1(C(=O)NN)CCCNC1. The number of amides is 1. The maximum atomic E-state index is 11.4. The van der Waals surface area contributed by atoms with Crippen LogP contribution in [0, 0.1) is 5.41 Å². The molecule has 1 heterocycles. The molecule has 0 spiro atoms. The topological polar surface area (TPSA) is 67.2 Å². The largest absolute Gasteiger partial charge is 0.316 e. The van der Waals surface area contributed by atoms with E-state index in [1.54, 1.807) is 0 Å². The molecule has 12 heavy (non-hydrogen) atoms. The highest BCUT2D eigenvalue weighted by Gasteiger charge is 2.37. The van der Waals surface area contributed by atoms with Gasteiger partial charge in [0, 0.05) is 6.54 Å². The fraction of sp³-hybridized carbons (Fsp3) is 0.875. The van der Waals surface area contributed by atoms with Crippen molar-refractivity contribution in [1.82, 2.24) is 10.7 Å². The van der Waals surface area contributed by atoms with Crippen molar-refractivity contribution in [1.29, 1.82) is 0 Å². The average molecular weight is 171 g/mol. The van der Waals surface area contributed by atoms with Gasteiger partial charge in [-0.3, -0.25) is 10.2 Å². The molecule has 4 heteroatoms. The van der Waals surface area contributed by atoms with E-state index in [1.807, 2.05) is 6.92 Å². The van der Waals surface area contributed by atoms with E-state index in [0.717, 1.165) is 32.4 Å². The Labute approximate surface area is 72.9 Å². The molecule has 1 saturated heterocycles. The first-order chi connectivity index (χ1) is 5.75. The maximum Gasteiger partial charge on any atom is 0.241 e. The highest BCUT2D eigenvalue weighted by molar-refractivity contribution is 5.82. The Morgan fingerprint density at radius 3 is 2.92 bits per heavy atom. The molecule has 0 aromatic carbocycles. The maximum absolute atomic E-state index is 11.4. The van der Waals surface area contributed by atoms with Gasteiger partial charge < -0.3 is 5.32 Å². The molecule has 1 atom stereocenters. The smallest absolute Gasteiger partial charge is 0.241 e. The van der Waals surface area contributed by atoms with Gasteiger partial charge in [-0.2, -0.15) is 0 Å². The predicted molar refractivity (Wildman–Crippen MR) is 47.2 cm³/mol. The lowest BCUT2D eigenvalue weighted by atomic mass is 9.78. The number of hydrogen-bond acceptors (Lipinski definition) is 3. The van der Waals surface area contributed by atoms with E-state index in [0.29, 0.717) is 0 Å². The van der Waals surface area contributed by atoms with E-state index < -0.39 is 0 Å². The molecule has 0 radical (unpaired) electrons. The molecule has 0 aromatic heterocycles. The summed E-state index contributed by atoms with van der Waals surface area (Å²) in [5, 5.41) is 3.23. The van der Waals surface area contributed by atoms with Crippen molar-refractivity contribution in [2.75, 3.05) is 13.1 Å². The van der Waals surface area contributed by atoms with Gasteiger partial charge in [-0.25, -0.2) is 5.84 Å². The lowest BCUT2D eigenvalue weighted by molar-refractivity contribution is -0.132. The number of piperidine rings is 1. The quantitative estimate of drug-likeness (QED) is 0.305. The van der Waals surface area contributed by atoms with Crippen molar-refractivity contribution in [3.05, 3.63) is 0 Å². The minimum absolute atomic E-state index is 0.0304. The van der Waals surface area contributed by atoms with Crippen molar-refractivity contribution in [2.45, 2.75) is 26.2 Å². The van der Waals surface area contributed by atoms with Gasteiger partial charge >= 0.3 is 0 Å². The lowest BCUT2D eigenvalue weighted by Gasteiger charge is -2.34. The first-order valence-electron chi connectivity index (χ1n) is 4.47. The number of carbonyl (C=O) groups is 1. The van der Waals surface area contributed by atoms with Crippen LogP contribution in [0.25, 0.3) is 0 Å². The van der Waals surface area contributed by atoms with E-state index in [-0.39, 0.29) is 11.3 Å². The van der Waals surface area contributed by atoms with E-state index in [1.165, 1.54) is 0 Å². The van der Waals surface area contributed by atoms with Crippen LogP contribution in [0.3, 0.4) is 0 Å². The van der Waals surface area contributed by atoms with E-state index in [4.69, 9.17) is 5.84 Å². The molecule has 0 aliphatic carbocycles. The Morgan fingerprint density at radius 1 is 1.75 bits per heavy atom. The van der Waals surface area contributed by atoms with Crippen LogP contribution < -0.4 is 16.6 Å². The van der Waals surface area contributed by atoms with E-state index in [9.17, 15) is 4.79 Å². The Kier molecular flexibility index (Phi) is 3.05. The van der Waals surface area contributed by atoms with Crippen LogP contribution in [0.2, 0.25) is 0 Å². The number of rotatable bonds is 2. The molecule has 1 aliphatic heterocycles. The number of nitrogens with one attached hydrogen (secondary N) is 2. The van der Waals surface area contributed by atoms with Gasteiger partial charge in [-0.1, -0.05) is 6.92 Å². The summed E-state index contributed by atoms with van der Waals surface area (Å²) in [6.45, 7) is 3.80. The van der Waals surface area contributed by atoms with Crippen molar-refractivity contribution < 1.29 is 4.79 Å². The van der Waals surface area contributed by atoms with Crippen molar-refractivity contribution in [3.8, 4) is 0 Å². The molecule has 4 N–H and O–H groups in total. The van der Waals surface area contributed by atoms with E-state index >= 15 is 0 Å².